The van der Waals surface area contributed by atoms with E-state index in [-0.39, 0.29) is 0 Å². The fourth-order valence-electron chi connectivity index (χ4n) is 2.79. The monoisotopic (exact) mass is 386 g/mol. The molecule has 2 aromatic carbocycles. The van der Waals surface area contributed by atoms with Gasteiger partial charge in [-0.1, -0.05) is 42.5 Å². The number of benzene rings is 2. The van der Waals surface area contributed by atoms with E-state index in [4.69, 9.17) is 24.5 Å². The second kappa shape index (κ2) is 11.7. The summed E-state index contributed by atoms with van der Waals surface area (Å²) < 4.78 is 5.85. The van der Waals surface area contributed by atoms with Crippen molar-refractivity contribution in [3.05, 3.63) is 54.6 Å². The molecule has 0 saturated carbocycles. The van der Waals surface area contributed by atoms with E-state index in [1.54, 1.807) is 0 Å². The molecule has 1 fully saturated rings. The van der Waals surface area contributed by atoms with Gasteiger partial charge in [-0.3, -0.25) is 0 Å². The highest BCUT2D eigenvalue weighted by molar-refractivity contribution is 6.27. The number of carbonyl (C=O) groups is 2. The molecule has 0 unspecified atom stereocenters. The Kier molecular flexibility index (Phi) is 8.97. The Hall–Kier alpha value is -2.90. The second-order valence-corrected chi connectivity index (χ2v) is 6.29. The van der Waals surface area contributed by atoms with Gasteiger partial charge in [-0.15, -0.1) is 0 Å². The van der Waals surface area contributed by atoms with Gasteiger partial charge in [0.15, 0.2) is 0 Å². The number of carboxylic acids is 2. The maximum atomic E-state index is 9.10. The fraction of sp³-hybridized carbons (Fsp3) is 0.333. The van der Waals surface area contributed by atoms with Gasteiger partial charge in [0.2, 0.25) is 0 Å². The average molecular weight is 386 g/mol. The van der Waals surface area contributed by atoms with Crippen LogP contribution in [0.1, 0.15) is 6.42 Å². The van der Waals surface area contributed by atoms with Gasteiger partial charge in [0.25, 0.3) is 0 Å². The van der Waals surface area contributed by atoms with Crippen molar-refractivity contribution in [1.82, 2.24) is 10.2 Å². The summed E-state index contributed by atoms with van der Waals surface area (Å²) in [6.07, 6.45) is 1.08. The van der Waals surface area contributed by atoms with Gasteiger partial charge in [0, 0.05) is 32.7 Å². The minimum absolute atomic E-state index is 0.786. The van der Waals surface area contributed by atoms with E-state index < -0.39 is 11.9 Å². The first kappa shape index (κ1) is 21.4. The number of nitrogens with zero attached hydrogens (tertiary/aromatic N) is 1. The summed E-state index contributed by atoms with van der Waals surface area (Å²) >= 11 is 0. The van der Waals surface area contributed by atoms with Crippen molar-refractivity contribution in [3.8, 4) is 16.9 Å². The number of carboxylic acid groups (broad SMARTS) is 2. The normalized spacial score (nSPS) is 13.9. The van der Waals surface area contributed by atoms with Gasteiger partial charge in [0.05, 0.1) is 6.61 Å². The van der Waals surface area contributed by atoms with E-state index >= 15 is 0 Å². The van der Waals surface area contributed by atoms with Gasteiger partial charge < -0.3 is 25.2 Å². The molecule has 1 aliphatic rings. The van der Waals surface area contributed by atoms with Crippen molar-refractivity contribution >= 4 is 11.9 Å². The van der Waals surface area contributed by atoms with Crippen molar-refractivity contribution in [2.45, 2.75) is 6.42 Å². The highest BCUT2D eigenvalue weighted by atomic mass is 16.5. The van der Waals surface area contributed by atoms with Crippen LogP contribution in [0.4, 0.5) is 0 Å². The maximum Gasteiger partial charge on any atom is 0.414 e. The third-order valence-corrected chi connectivity index (χ3v) is 4.24. The Balaban J connectivity index is 0.000000409. The van der Waals surface area contributed by atoms with E-state index in [0.29, 0.717) is 0 Å². The molecule has 0 aliphatic carbocycles. The van der Waals surface area contributed by atoms with Gasteiger partial charge in [-0.25, -0.2) is 9.59 Å². The van der Waals surface area contributed by atoms with E-state index in [2.05, 4.69) is 58.7 Å². The molecule has 150 valence electrons. The highest BCUT2D eigenvalue weighted by Gasteiger charge is 2.08. The molecule has 7 heteroatoms. The second-order valence-electron chi connectivity index (χ2n) is 6.29. The zero-order valence-electron chi connectivity index (χ0n) is 15.7. The Morgan fingerprint density at radius 1 is 0.893 bits per heavy atom. The molecule has 1 heterocycles. The lowest BCUT2D eigenvalue weighted by molar-refractivity contribution is -0.159. The topological polar surface area (TPSA) is 99.1 Å². The SMILES string of the molecule is O=C(O)C(=O)O.c1ccc(-c2ccc(OCCCN3CCNCC3)cc2)cc1. The van der Waals surface area contributed by atoms with Crippen LogP contribution in [0.3, 0.4) is 0 Å². The molecule has 2 aromatic rings. The van der Waals surface area contributed by atoms with Crippen LogP contribution in [0, 0.1) is 0 Å². The lowest BCUT2D eigenvalue weighted by Gasteiger charge is -2.26. The van der Waals surface area contributed by atoms with Crippen LogP contribution in [-0.2, 0) is 9.59 Å². The Bertz CT molecular complexity index is 716. The van der Waals surface area contributed by atoms with Gasteiger partial charge in [-0.2, -0.15) is 0 Å². The lowest BCUT2D eigenvalue weighted by atomic mass is 10.1. The number of ether oxygens (including phenoxy) is 1. The van der Waals surface area contributed by atoms with Crippen LogP contribution < -0.4 is 10.1 Å². The van der Waals surface area contributed by atoms with Crippen LogP contribution in [0.2, 0.25) is 0 Å². The third kappa shape index (κ3) is 7.77. The standard InChI is InChI=1S/C19H24N2O.C2H2O4/c1-2-5-17(6-3-1)18-7-9-19(10-8-18)22-16-4-13-21-14-11-20-12-15-21;3-1(4)2(5)6/h1-3,5-10,20H,4,11-16H2;(H,3,4)(H,5,6). The van der Waals surface area contributed by atoms with Gasteiger partial charge >= 0.3 is 11.9 Å². The number of piperazine rings is 1. The molecule has 0 amide bonds. The molecule has 7 nitrogen and oxygen atoms in total. The molecule has 0 bridgehead atoms. The van der Waals surface area contributed by atoms with E-state index in [1.165, 1.54) is 11.1 Å². The van der Waals surface area contributed by atoms with Crippen LogP contribution in [0.15, 0.2) is 54.6 Å². The van der Waals surface area contributed by atoms with Crippen LogP contribution in [0.25, 0.3) is 11.1 Å². The Morgan fingerprint density at radius 3 is 2.04 bits per heavy atom. The Morgan fingerprint density at radius 2 is 1.46 bits per heavy atom. The fourth-order valence-corrected chi connectivity index (χ4v) is 2.79. The maximum absolute atomic E-state index is 9.10. The van der Waals surface area contributed by atoms with Gasteiger partial charge in [0.1, 0.15) is 5.75 Å². The van der Waals surface area contributed by atoms with E-state index in [9.17, 15) is 0 Å². The smallest absolute Gasteiger partial charge is 0.414 e. The summed E-state index contributed by atoms with van der Waals surface area (Å²) in [5, 5.41) is 18.2. The summed E-state index contributed by atoms with van der Waals surface area (Å²) in [5.74, 6) is -2.69. The minimum atomic E-state index is -1.82. The summed E-state index contributed by atoms with van der Waals surface area (Å²) in [7, 11) is 0. The summed E-state index contributed by atoms with van der Waals surface area (Å²) in [5.41, 5.74) is 2.47. The van der Waals surface area contributed by atoms with Crippen LogP contribution in [-0.4, -0.2) is 66.4 Å². The van der Waals surface area contributed by atoms with E-state index in [0.717, 1.165) is 51.5 Å². The molecular weight excluding hydrogens is 360 g/mol. The third-order valence-electron chi connectivity index (χ3n) is 4.24. The zero-order valence-corrected chi connectivity index (χ0v) is 15.7. The Labute approximate surface area is 164 Å². The minimum Gasteiger partial charge on any atom is -0.494 e. The molecule has 0 radical (unpaired) electrons. The summed E-state index contributed by atoms with van der Waals surface area (Å²) in [6.45, 7) is 6.46. The zero-order chi connectivity index (χ0) is 20.2. The van der Waals surface area contributed by atoms with Crippen LogP contribution >= 0.6 is 0 Å². The van der Waals surface area contributed by atoms with Crippen molar-refractivity contribution in [1.29, 1.82) is 0 Å². The molecule has 1 saturated heterocycles. The molecule has 0 spiro atoms. The predicted molar refractivity (Wildman–Crippen MR) is 107 cm³/mol. The molecule has 1 aliphatic heterocycles. The number of hydrogen-bond acceptors (Lipinski definition) is 5. The largest absolute Gasteiger partial charge is 0.494 e. The number of nitrogens with one attached hydrogen (secondary N) is 1. The van der Waals surface area contributed by atoms with Crippen LogP contribution in [0.5, 0.6) is 5.75 Å². The summed E-state index contributed by atoms with van der Waals surface area (Å²) in [4.78, 5) is 20.7. The van der Waals surface area contributed by atoms with Crippen molar-refractivity contribution < 1.29 is 24.5 Å². The van der Waals surface area contributed by atoms with Crippen molar-refractivity contribution in [2.75, 3.05) is 39.3 Å². The molecular formula is C21H26N2O5. The molecule has 0 aromatic heterocycles. The molecule has 3 rings (SSSR count). The molecule has 28 heavy (non-hydrogen) atoms. The molecule has 3 N–H and O–H groups in total. The van der Waals surface area contributed by atoms with Crippen molar-refractivity contribution in [3.63, 3.8) is 0 Å². The predicted octanol–water partition coefficient (Wildman–Crippen LogP) is 2.18. The number of rotatable bonds is 6. The summed E-state index contributed by atoms with van der Waals surface area (Å²) in [6, 6.07) is 18.8. The molecule has 0 atom stereocenters. The highest BCUT2D eigenvalue weighted by Crippen LogP contribution is 2.22. The number of hydrogen-bond donors (Lipinski definition) is 3. The number of aliphatic carboxylic acids is 2. The average Bonchev–Trinajstić information content (AvgIpc) is 2.73. The first-order chi connectivity index (χ1) is 13.6. The first-order valence-corrected chi connectivity index (χ1v) is 9.24. The van der Waals surface area contributed by atoms with Gasteiger partial charge in [-0.05, 0) is 29.7 Å². The quantitative estimate of drug-likeness (QED) is 0.517. The van der Waals surface area contributed by atoms with E-state index in [1.807, 2.05) is 6.07 Å². The van der Waals surface area contributed by atoms with Crippen molar-refractivity contribution in [2.24, 2.45) is 0 Å². The lowest BCUT2D eigenvalue weighted by Crippen LogP contribution is -2.43. The first-order valence-electron chi connectivity index (χ1n) is 9.24.